The molecular formula is C25H30N6O4. The van der Waals surface area contributed by atoms with Gasteiger partial charge in [-0.2, -0.15) is 0 Å². The summed E-state index contributed by atoms with van der Waals surface area (Å²) in [5, 5.41) is 25.0. The van der Waals surface area contributed by atoms with E-state index >= 15 is 0 Å². The van der Waals surface area contributed by atoms with E-state index in [1.54, 1.807) is 36.4 Å². The maximum atomic E-state index is 13.3. The molecule has 7 N–H and O–H groups in total. The standard InChI is InChI=1S/C25H30N6O4/c26-22(27)17-3-1-2-15(12-17)13-21(24(33)34)31-11-6-16-14-19(4-5-20(16)23(31)32)35-18-7-9-30(10-8-18)25(28)29/h1-5,12,14,18,21H,6-11,13H2,(H3,26,27)(H3,28,29)(H,33,34). The smallest absolute Gasteiger partial charge is 0.326 e. The number of fused-ring (bicyclic) bond motifs is 1. The number of amides is 1. The van der Waals surface area contributed by atoms with Gasteiger partial charge in [0.1, 0.15) is 23.7 Å². The number of likely N-dealkylation sites (tertiary alicyclic amines) is 1. The second-order valence-corrected chi connectivity index (χ2v) is 8.93. The Morgan fingerprint density at radius 3 is 2.51 bits per heavy atom. The van der Waals surface area contributed by atoms with Crippen LogP contribution in [0, 0.1) is 10.8 Å². The lowest BCUT2D eigenvalue weighted by molar-refractivity contribution is -0.142. The third-order valence-electron chi connectivity index (χ3n) is 6.60. The van der Waals surface area contributed by atoms with Gasteiger partial charge in [0.25, 0.3) is 5.91 Å². The molecule has 0 aromatic heterocycles. The number of hydrogen-bond acceptors (Lipinski definition) is 5. The lowest BCUT2D eigenvalue weighted by Gasteiger charge is -2.34. The molecule has 0 saturated carbocycles. The first-order valence-electron chi connectivity index (χ1n) is 11.6. The molecular weight excluding hydrogens is 448 g/mol. The van der Waals surface area contributed by atoms with Crippen LogP contribution in [0.1, 0.15) is 39.9 Å². The van der Waals surface area contributed by atoms with Crippen LogP contribution in [0.25, 0.3) is 0 Å². The number of rotatable bonds is 7. The number of carboxylic acids is 1. The van der Waals surface area contributed by atoms with Crippen molar-refractivity contribution in [3.05, 3.63) is 64.7 Å². The minimum atomic E-state index is -1.08. The molecule has 2 aliphatic heterocycles. The molecule has 4 rings (SSSR count). The fraction of sp³-hybridized carbons (Fsp3) is 0.360. The number of piperidine rings is 1. The van der Waals surface area contributed by atoms with Crippen molar-refractivity contribution in [3.8, 4) is 5.75 Å². The molecule has 2 aromatic carbocycles. The minimum Gasteiger partial charge on any atom is -0.490 e. The lowest BCUT2D eigenvalue weighted by atomic mass is 9.95. The highest BCUT2D eigenvalue weighted by atomic mass is 16.5. The van der Waals surface area contributed by atoms with Gasteiger partial charge < -0.3 is 31.1 Å². The predicted octanol–water partition coefficient (Wildman–Crippen LogP) is 1.40. The van der Waals surface area contributed by atoms with Crippen LogP contribution in [-0.4, -0.2) is 70.4 Å². The van der Waals surface area contributed by atoms with Crippen molar-refractivity contribution >= 4 is 23.7 Å². The molecule has 184 valence electrons. The molecule has 10 heteroatoms. The van der Waals surface area contributed by atoms with E-state index < -0.39 is 12.0 Å². The van der Waals surface area contributed by atoms with Crippen molar-refractivity contribution in [2.45, 2.75) is 37.8 Å². The summed E-state index contributed by atoms with van der Waals surface area (Å²) >= 11 is 0. The van der Waals surface area contributed by atoms with Gasteiger partial charge in [-0.15, -0.1) is 0 Å². The fourth-order valence-corrected chi connectivity index (χ4v) is 4.68. The van der Waals surface area contributed by atoms with Crippen molar-refractivity contribution < 1.29 is 19.4 Å². The Kier molecular flexibility index (Phi) is 6.90. The predicted molar refractivity (Wildman–Crippen MR) is 131 cm³/mol. The van der Waals surface area contributed by atoms with Gasteiger partial charge in [0.15, 0.2) is 5.96 Å². The van der Waals surface area contributed by atoms with E-state index in [4.69, 9.17) is 27.0 Å². The zero-order chi connectivity index (χ0) is 25.1. The topological polar surface area (TPSA) is 170 Å². The first-order valence-corrected chi connectivity index (χ1v) is 11.6. The van der Waals surface area contributed by atoms with E-state index in [1.807, 2.05) is 11.0 Å². The molecule has 2 heterocycles. The third-order valence-corrected chi connectivity index (χ3v) is 6.60. The molecule has 0 bridgehead atoms. The van der Waals surface area contributed by atoms with Crippen LogP contribution in [0.4, 0.5) is 0 Å². The number of nitrogen functional groups attached to an aromatic ring is 1. The normalized spacial score (nSPS) is 17.0. The number of nitrogens with zero attached hydrogens (tertiary/aromatic N) is 2. The lowest BCUT2D eigenvalue weighted by Crippen LogP contribution is -2.49. The molecule has 35 heavy (non-hydrogen) atoms. The molecule has 1 fully saturated rings. The number of hydrogen-bond donors (Lipinski definition) is 5. The van der Waals surface area contributed by atoms with Crippen LogP contribution in [0.15, 0.2) is 42.5 Å². The highest BCUT2D eigenvalue weighted by Gasteiger charge is 2.34. The zero-order valence-electron chi connectivity index (χ0n) is 19.4. The maximum absolute atomic E-state index is 13.3. The highest BCUT2D eigenvalue weighted by molar-refractivity contribution is 5.99. The van der Waals surface area contributed by atoms with Crippen LogP contribution in [0.3, 0.4) is 0 Å². The molecule has 10 nitrogen and oxygen atoms in total. The van der Waals surface area contributed by atoms with Crippen LogP contribution >= 0.6 is 0 Å². The maximum Gasteiger partial charge on any atom is 0.326 e. The van der Waals surface area contributed by atoms with Gasteiger partial charge in [-0.3, -0.25) is 15.6 Å². The SMILES string of the molecule is N=C(N)c1cccc(CC(C(=O)O)N2CCc3cc(OC4CCN(C(=N)N)CC4)ccc3C2=O)c1. The quantitative estimate of drug-likeness (QED) is 0.296. The number of carbonyl (C=O) groups excluding carboxylic acids is 1. The Morgan fingerprint density at radius 2 is 1.86 bits per heavy atom. The molecule has 2 aliphatic rings. The van der Waals surface area contributed by atoms with Gasteiger partial charge in [0.2, 0.25) is 0 Å². The number of aliphatic carboxylic acids is 1. The molecule has 2 aromatic rings. The fourth-order valence-electron chi connectivity index (χ4n) is 4.68. The van der Waals surface area contributed by atoms with Crippen molar-refractivity contribution in [2.24, 2.45) is 11.5 Å². The van der Waals surface area contributed by atoms with Crippen LogP contribution in [0.5, 0.6) is 5.75 Å². The summed E-state index contributed by atoms with van der Waals surface area (Å²) in [6, 6.07) is 11.2. The first kappa shape index (κ1) is 24.1. The van der Waals surface area contributed by atoms with Gasteiger partial charge >= 0.3 is 5.97 Å². The van der Waals surface area contributed by atoms with E-state index in [2.05, 4.69) is 0 Å². The van der Waals surface area contributed by atoms with Gasteiger partial charge in [0, 0.05) is 50.0 Å². The monoisotopic (exact) mass is 478 g/mol. The first-order chi connectivity index (χ1) is 16.7. The van der Waals surface area contributed by atoms with Crippen molar-refractivity contribution in [1.82, 2.24) is 9.80 Å². The number of carbonyl (C=O) groups is 2. The average Bonchev–Trinajstić information content (AvgIpc) is 2.83. The summed E-state index contributed by atoms with van der Waals surface area (Å²) in [7, 11) is 0. The van der Waals surface area contributed by atoms with E-state index in [1.165, 1.54) is 4.90 Å². The van der Waals surface area contributed by atoms with Crippen LogP contribution in [0.2, 0.25) is 0 Å². The molecule has 0 radical (unpaired) electrons. The van der Waals surface area contributed by atoms with Crippen molar-refractivity contribution in [1.29, 1.82) is 10.8 Å². The minimum absolute atomic E-state index is 0.0154. The Labute approximate surface area is 203 Å². The van der Waals surface area contributed by atoms with E-state index in [0.29, 0.717) is 42.0 Å². The molecule has 0 aliphatic carbocycles. The number of guanidine groups is 1. The summed E-state index contributed by atoms with van der Waals surface area (Å²) in [6.45, 7) is 1.63. The zero-order valence-corrected chi connectivity index (χ0v) is 19.4. The van der Waals surface area contributed by atoms with Gasteiger partial charge in [0.05, 0.1) is 0 Å². The number of carboxylic acid groups (broad SMARTS) is 1. The second-order valence-electron chi connectivity index (χ2n) is 8.93. The van der Waals surface area contributed by atoms with E-state index in [9.17, 15) is 14.7 Å². The molecule has 1 atom stereocenters. The average molecular weight is 479 g/mol. The molecule has 0 spiro atoms. The van der Waals surface area contributed by atoms with Gasteiger partial charge in [-0.1, -0.05) is 18.2 Å². The molecule has 1 saturated heterocycles. The Balaban J connectivity index is 1.46. The van der Waals surface area contributed by atoms with Crippen molar-refractivity contribution in [2.75, 3.05) is 19.6 Å². The molecule has 1 amide bonds. The number of amidine groups is 1. The van der Waals surface area contributed by atoms with Crippen LogP contribution in [-0.2, 0) is 17.6 Å². The summed E-state index contributed by atoms with van der Waals surface area (Å²) in [6.07, 6.45) is 2.18. The Hall–Kier alpha value is -4.08. The van der Waals surface area contributed by atoms with Gasteiger partial charge in [-0.05, 0) is 41.8 Å². The Bertz CT molecular complexity index is 1160. The highest BCUT2D eigenvalue weighted by Crippen LogP contribution is 2.28. The van der Waals surface area contributed by atoms with Crippen molar-refractivity contribution in [3.63, 3.8) is 0 Å². The summed E-state index contributed by atoms with van der Waals surface area (Å²) < 4.78 is 6.12. The third kappa shape index (κ3) is 5.37. The van der Waals surface area contributed by atoms with E-state index in [0.717, 1.165) is 18.4 Å². The van der Waals surface area contributed by atoms with Gasteiger partial charge in [-0.25, -0.2) is 4.79 Å². The molecule has 1 unspecified atom stereocenters. The number of nitrogens with one attached hydrogen (secondary N) is 2. The van der Waals surface area contributed by atoms with Crippen LogP contribution < -0.4 is 16.2 Å². The Morgan fingerprint density at radius 1 is 1.11 bits per heavy atom. The summed E-state index contributed by atoms with van der Waals surface area (Å²) in [5.41, 5.74) is 13.6. The summed E-state index contributed by atoms with van der Waals surface area (Å²) in [4.78, 5) is 28.6. The largest absolute Gasteiger partial charge is 0.490 e. The number of nitrogens with two attached hydrogens (primary N) is 2. The number of ether oxygens (including phenoxy) is 1. The number of benzene rings is 2. The second kappa shape index (κ2) is 10.0. The summed E-state index contributed by atoms with van der Waals surface area (Å²) in [5.74, 6) is -0.729. The van der Waals surface area contributed by atoms with E-state index in [-0.39, 0.29) is 36.8 Å².